The van der Waals surface area contributed by atoms with Gasteiger partial charge in [-0.05, 0) is 55.3 Å². The molecule has 2 aliphatic rings. The average Bonchev–Trinajstić information content (AvgIpc) is 4.14. The van der Waals surface area contributed by atoms with E-state index >= 15 is 0 Å². The van der Waals surface area contributed by atoms with Crippen molar-refractivity contribution in [2.75, 3.05) is 32.8 Å². The fourth-order valence-electron chi connectivity index (χ4n) is 9.20. The Balaban J connectivity index is 0.000000190. The Kier molecular flexibility index (Phi) is 15.4. The number of hydrogen-bond acceptors (Lipinski definition) is 11. The van der Waals surface area contributed by atoms with Crippen molar-refractivity contribution >= 4 is 75.8 Å². The van der Waals surface area contributed by atoms with Crippen molar-refractivity contribution in [3.63, 3.8) is 0 Å². The van der Waals surface area contributed by atoms with Crippen molar-refractivity contribution in [1.29, 1.82) is 0 Å². The smallest absolute Gasteiger partial charge is 0.255 e. The van der Waals surface area contributed by atoms with Crippen molar-refractivity contribution in [3.8, 4) is 22.8 Å². The first-order valence-electron chi connectivity index (χ1n) is 25.3. The monoisotopic (exact) mass is 1060 g/mol. The molecular formula is C52H60F4N14O5Si. The van der Waals surface area contributed by atoms with Gasteiger partial charge >= 0.3 is 0 Å². The summed E-state index contributed by atoms with van der Waals surface area (Å²) in [5.74, 6) is -2.29. The Morgan fingerprint density at radius 3 is 1.74 bits per heavy atom. The number of nitrogens with zero attached hydrogens (tertiary/aromatic N) is 11. The molecule has 0 spiro atoms. The molecule has 8 heterocycles. The Morgan fingerprint density at radius 1 is 0.737 bits per heavy atom. The number of benzene rings is 2. The summed E-state index contributed by atoms with van der Waals surface area (Å²) in [5, 5.41) is 16.0. The van der Waals surface area contributed by atoms with E-state index in [9.17, 15) is 36.7 Å². The van der Waals surface area contributed by atoms with Crippen LogP contribution in [0.4, 0.5) is 17.6 Å². The van der Waals surface area contributed by atoms with Crippen LogP contribution in [0.3, 0.4) is 0 Å². The maximum atomic E-state index is 13.9. The number of aromatic nitrogens is 10. The van der Waals surface area contributed by atoms with Crippen LogP contribution in [0.2, 0.25) is 25.7 Å². The van der Waals surface area contributed by atoms with E-state index in [2.05, 4.69) is 60.4 Å². The molecule has 2 aromatic carbocycles. The van der Waals surface area contributed by atoms with E-state index in [1.807, 2.05) is 13.8 Å². The second kappa shape index (κ2) is 21.9. The van der Waals surface area contributed by atoms with Gasteiger partial charge in [0.05, 0.1) is 60.7 Å². The molecule has 0 unspecified atom stereocenters. The van der Waals surface area contributed by atoms with Gasteiger partial charge in [-0.25, -0.2) is 37.5 Å². The maximum Gasteiger partial charge on any atom is 0.255 e. The van der Waals surface area contributed by atoms with Gasteiger partial charge in [0, 0.05) is 51.9 Å². The predicted octanol–water partition coefficient (Wildman–Crippen LogP) is 7.24. The van der Waals surface area contributed by atoms with Crippen LogP contribution in [0.25, 0.3) is 66.9 Å². The molecule has 6 aromatic heterocycles. The normalized spacial score (nSPS) is 14.9. The third kappa shape index (κ3) is 11.2. The lowest BCUT2D eigenvalue weighted by molar-refractivity contribution is -0.141. The van der Waals surface area contributed by atoms with Crippen molar-refractivity contribution in [2.24, 2.45) is 14.1 Å². The summed E-state index contributed by atoms with van der Waals surface area (Å²) in [6.45, 7) is 11.6. The van der Waals surface area contributed by atoms with Crippen LogP contribution in [0.15, 0.2) is 61.2 Å². The van der Waals surface area contributed by atoms with Gasteiger partial charge in [0.15, 0.2) is 11.3 Å². The second-order valence-corrected chi connectivity index (χ2v) is 26.1. The van der Waals surface area contributed by atoms with Gasteiger partial charge in [-0.1, -0.05) is 46.3 Å². The Morgan fingerprint density at radius 2 is 1.24 bits per heavy atom. The van der Waals surface area contributed by atoms with Crippen molar-refractivity contribution in [3.05, 3.63) is 83.9 Å². The Bertz CT molecular complexity index is 3490. The Hall–Kier alpha value is -7.60. The molecule has 3 N–H and O–H groups in total. The number of carbonyl (C=O) groups is 4. The summed E-state index contributed by atoms with van der Waals surface area (Å²) in [7, 11) is 2.13. The van der Waals surface area contributed by atoms with Crippen LogP contribution in [0.1, 0.15) is 60.2 Å². The van der Waals surface area contributed by atoms with E-state index in [1.54, 1.807) is 52.6 Å². The largest absolute Gasteiger partial charge is 0.361 e. The fraction of sp³-hybridized carbons (Fsp3) is 0.423. The van der Waals surface area contributed by atoms with Gasteiger partial charge in [0.1, 0.15) is 76.6 Å². The summed E-state index contributed by atoms with van der Waals surface area (Å²) in [5.41, 5.74) is 5.04. The van der Waals surface area contributed by atoms with Crippen LogP contribution in [0, 0.1) is 11.6 Å². The highest BCUT2D eigenvalue weighted by atomic mass is 28.3. The van der Waals surface area contributed by atoms with E-state index in [4.69, 9.17) is 9.72 Å². The topological polar surface area (TPSA) is 216 Å². The summed E-state index contributed by atoms with van der Waals surface area (Å²) >= 11 is 0. The minimum atomic E-state index is -1.30. The highest BCUT2D eigenvalue weighted by Gasteiger charge is 2.37. The molecule has 0 aliphatic carbocycles. The third-order valence-corrected chi connectivity index (χ3v) is 15.1. The first kappa shape index (κ1) is 53.2. The lowest BCUT2D eigenvalue weighted by Crippen LogP contribution is -2.58. The highest BCUT2D eigenvalue weighted by molar-refractivity contribution is 6.76. The minimum absolute atomic E-state index is 0.0414. The molecule has 24 heteroatoms. The number of aryl methyl sites for hydroxylation is 2. The number of fused-ring (bicyclic) bond motifs is 4. The van der Waals surface area contributed by atoms with Crippen molar-refractivity contribution in [1.82, 2.24) is 69.5 Å². The fourth-order valence-corrected chi connectivity index (χ4v) is 9.96. The molecular weight excluding hydrogens is 1000 g/mol. The molecule has 2 aliphatic heterocycles. The second-order valence-electron chi connectivity index (χ2n) is 20.5. The van der Waals surface area contributed by atoms with Gasteiger partial charge in [-0.15, -0.1) is 0 Å². The van der Waals surface area contributed by atoms with Crippen LogP contribution in [-0.2, 0) is 35.2 Å². The SMILES string of the molecule is CCC[C@@H](NC(=O)c1c[nH]c2ncc(-c3nn(C)c4cc(F)ccc34)nc12)C(=O)N1CC(F)C1.CCC[C@@H](NC(=O)c1cn(COCC[Si](C)(C)C)c2ncc(-c3nn(C)c4cc(F)ccc34)nc12)C(=O)N1CC(F)C1. The standard InChI is InChI=1S/C29H37F2N7O3Si.C23H23F2N7O2/c1-6-7-22(29(40)37-14-19(31)15-37)34-28(39)21-16-38(17-41-10-11-42(3,4)5)27-26(21)33-23(13-32-27)25-20-9-8-18(30)12-24(20)36(2)35-25;1-3-4-16(23(34)32-10-13(25)11-32)29-22(33)15-8-26-21-20(15)28-17(9-27-21)19-14-6-5-12(24)7-18(14)31(2)30-19/h8-9,12-13,16,19,22H,6-7,10-11,14-15,17H2,1-5H3,(H,34,39);5-9,13,16H,3-4,10-11H2,1-2H3,(H,26,27)(H,29,33)/t22-;16-/m11/s1. The summed E-state index contributed by atoms with van der Waals surface area (Å²) in [4.78, 5) is 76.7. The van der Waals surface area contributed by atoms with Gasteiger partial charge in [0.2, 0.25) is 11.8 Å². The number of ether oxygens (including phenoxy) is 1. The molecule has 0 bridgehead atoms. The highest BCUT2D eigenvalue weighted by Crippen LogP contribution is 2.31. The minimum Gasteiger partial charge on any atom is -0.361 e. The van der Waals surface area contributed by atoms with Gasteiger partial charge in [-0.2, -0.15) is 10.2 Å². The van der Waals surface area contributed by atoms with E-state index in [1.165, 1.54) is 46.5 Å². The van der Waals surface area contributed by atoms with E-state index < -0.39 is 44.3 Å². The number of amides is 4. The number of aromatic amines is 1. The molecule has 19 nitrogen and oxygen atoms in total. The quantitative estimate of drug-likeness (QED) is 0.0469. The molecule has 2 fully saturated rings. The molecule has 0 saturated carbocycles. The van der Waals surface area contributed by atoms with Crippen LogP contribution in [0.5, 0.6) is 0 Å². The third-order valence-electron chi connectivity index (χ3n) is 13.4. The van der Waals surface area contributed by atoms with Crippen LogP contribution < -0.4 is 10.6 Å². The zero-order chi connectivity index (χ0) is 54.2. The molecule has 2 saturated heterocycles. The van der Waals surface area contributed by atoms with Gasteiger partial charge < -0.3 is 34.7 Å². The first-order chi connectivity index (χ1) is 36.3. The zero-order valence-electron chi connectivity index (χ0n) is 43.3. The summed E-state index contributed by atoms with van der Waals surface area (Å²) in [6.07, 6.45) is 6.39. The number of H-pyrrole nitrogens is 1. The summed E-state index contributed by atoms with van der Waals surface area (Å²) < 4.78 is 65.1. The maximum absolute atomic E-state index is 13.9. The molecule has 0 radical (unpaired) electrons. The molecule has 400 valence electrons. The number of rotatable bonds is 17. The van der Waals surface area contributed by atoms with Gasteiger partial charge in [-0.3, -0.25) is 28.5 Å². The van der Waals surface area contributed by atoms with Crippen molar-refractivity contribution < 1.29 is 41.5 Å². The van der Waals surface area contributed by atoms with E-state index in [0.29, 0.717) is 99.2 Å². The lowest BCUT2D eigenvalue weighted by Gasteiger charge is -2.36. The van der Waals surface area contributed by atoms with Crippen LogP contribution in [-0.4, -0.2) is 148 Å². The van der Waals surface area contributed by atoms with Crippen molar-refractivity contribution in [2.45, 2.75) is 96.4 Å². The number of carbonyl (C=O) groups excluding carboxylic acids is 4. The first-order valence-corrected chi connectivity index (χ1v) is 29.0. The summed E-state index contributed by atoms with van der Waals surface area (Å²) in [6, 6.07) is 8.22. The number of likely N-dealkylation sites (tertiary alicyclic amines) is 2. The molecule has 76 heavy (non-hydrogen) atoms. The molecule has 8 aromatic rings. The Labute approximate surface area is 435 Å². The van der Waals surface area contributed by atoms with E-state index in [-0.39, 0.29) is 67.5 Å². The van der Waals surface area contributed by atoms with Crippen LogP contribution >= 0.6 is 0 Å². The number of nitrogens with one attached hydrogen (secondary N) is 3. The van der Waals surface area contributed by atoms with Gasteiger partial charge in [0.25, 0.3) is 11.8 Å². The predicted molar refractivity (Wildman–Crippen MR) is 280 cm³/mol. The molecule has 10 rings (SSSR count). The lowest BCUT2D eigenvalue weighted by atomic mass is 10.1. The molecule has 4 amide bonds. The number of halogens is 4. The number of hydrogen-bond donors (Lipinski definition) is 3. The molecule has 2 atom stereocenters. The zero-order valence-corrected chi connectivity index (χ0v) is 44.3. The number of alkyl halides is 2. The van der Waals surface area contributed by atoms with E-state index in [0.717, 1.165) is 6.04 Å². The average molecular weight is 1070 g/mol.